The molecule has 0 atom stereocenters. The number of urea groups is 1. The molecule has 0 radical (unpaired) electrons. The molecule has 15 heavy (non-hydrogen) atoms. The average Bonchev–Trinajstić information content (AvgIpc) is 2.22. The zero-order valence-electron chi connectivity index (χ0n) is 9.30. The zero-order chi connectivity index (χ0) is 11.7. The quantitative estimate of drug-likeness (QED) is 0.738. The summed E-state index contributed by atoms with van der Waals surface area (Å²) in [6.07, 6.45) is 1.25. The number of rotatable bonds is 1. The Bertz CT molecular complexity index is 285. The largest absolute Gasteiger partial charge is 0.341 e. The number of anilines is 1. The summed E-state index contributed by atoms with van der Waals surface area (Å²) in [5.41, 5.74) is 0.566. The third-order valence-corrected chi connectivity index (χ3v) is 1.33. The monoisotopic (exact) mass is 212 g/mol. The van der Waals surface area contributed by atoms with Gasteiger partial charge in [-0.3, -0.25) is 0 Å². The summed E-state index contributed by atoms with van der Waals surface area (Å²) in [4.78, 5) is 10.8. The molecule has 0 aliphatic rings. The van der Waals surface area contributed by atoms with Crippen LogP contribution in [-0.4, -0.2) is 13.1 Å². The molecule has 84 valence electrons. The van der Waals surface area contributed by atoms with Crippen molar-refractivity contribution in [1.29, 1.82) is 0 Å². The Morgan fingerprint density at radius 1 is 1.27 bits per heavy atom. The van der Waals surface area contributed by atoms with Crippen LogP contribution in [0.5, 0.6) is 0 Å². The molecule has 3 nitrogen and oxygen atoms in total. The Morgan fingerprint density at radius 2 is 1.73 bits per heavy atom. The predicted octanol–water partition coefficient (Wildman–Crippen LogP) is 2.99. The third-order valence-electron chi connectivity index (χ3n) is 1.33. The first-order valence-corrected chi connectivity index (χ1v) is 4.88. The van der Waals surface area contributed by atoms with Crippen LogP contribution in [0.2, 0.25) is 0 Å². The lowest BCUT2D eigenvalue weighted by Crippen LogP contribution is -2.24. The molecule has 1 aromatic carbocycles. The highest BCUT2D eigenvalue weighted by molar-refractivity contribution is 5.88. The standard InChI is InChI=1S/C8H9FN2O.C3H8/c1-10-8(12)11-7-4-2-6(9)3-5-7;1-3-2/h2-5H,1H3,(H2,10,11,12);3H2,1-2H3. The van der Waals surface area contributed by atoms with E-state index in [0.717, 1.165) is 0 Å². The Hall–Kier alpha value is -1.58. The van der Waals surface area contributed by atoms with Crippen molar-refractivity contribution in [3.63, 3.8) is 0 Å². The molecule has 0 aliphatic carbocycles. The minimum absolute atomic E-state index is 0.318. The van der Waals surface area contributed by atoms with Gasteiger partial charge in [0.25, 0.3) is 0 Å². The number of amides is 2. The normalized spacial score (nSPS) is 8.53. The molecule has 0 spiro atoms. The summed E-state index contributed by atoms with van der Waals surface area (Å²) < 4.78 is 12.4. The molecule has 0 unspecified atom stereocenters. The fourth-order valence-electron chi connectivity index (χ4n) is 0.727. The average molecular weight is 212 g/mol. The molecule has 2 N–H and O–H groups in total. The molecular formula is C11H17FN2O. The molecular weight excluding hydrogens is 195 g/mol. The third kappa shape index (κ3) is 6.49. The maximum atomic E-state index is 12.4. The Balaban J connectivity index is 0.000000583. The van der Waals surface area contributed by atoms with Gasteiger partial charge in [-0.25, -0.2) is 9.18 Å². The van der Waals surface area contributed by atoms with Crippen molar-refractivity contribution in [2.24, 2.45) is 0 Å². The van der Waals surface area contributed by atoms with Gasteiger partial charge in [-0.15, -0.1) is 0 Å². The smallest absolute Gasteiger partial charge is 0.318 e. The van der Waals surface area contributed by atoms with E-state index in [1.54, 1.807) is 0 Å². The molecule has 2 amide bonds. The van der Waals surface area contributed by atoms with Crippen LogP contribution >= 0.6 is 0 Å². The molecule has 1 rings (SSSR count). The van der Waals surface area contributed by atoms with Crippen molar-refractivity contribution < 1.29 is 9.18 Å². The molecule has 0 heterocycles. The van der Waals surface area contributed by atoms with Gasteiger partial charge in [0.2, 0.25) is 0 Å². The molecule has 0 fully saturated rings. The first-order valence-electron chi connectivity index (χ1n) is 4.88. The number of halogens is 1. The van der Waals surface area contributed by atoms with Crippen LogP contribution in [0.1, 0.15) is 20.3 Å². The lowest BCUT2D eigenvalue weighted by molar-refractivity contribution is 0.254. The maximum absolute atomic E-state index is 12.4. The van der Waals surface area contributed by atoms with E-state index >= 15 is 0 Å². The molecule has 0 bridgehead atoms. The Morgan fingerprint density at radius 3 is 2.13 bits per heavy atom. The van der Waals surface area contributed by atoms with E-state index in [4.69, 9.17) is 0 Å². The highest BCUT2D eigenvalue weighted by Gasteiger charge is 1.96. The van der Waals surface area contributed by atoms with E-state index in [-0.39, 0.29) is 11.8 Å². The topological polar surface area (TPSA) is 41.1 Å². The van der Waals surface area contributed by atoms with Crippen LogP contribution < -0.4 is 10.6 Å². The predicted molar refractivity (Wildman–Crippen MR) is 60.4 cm³/mol. The SMILES string of the molecule is CCC.CNC(=O)Nc1ccc(F)cc1. The van der Waals surface area contributed by atoms with E-state index in [1.165, 1.54) is 37.7 Å². The number of carbonyl (C=O) groups excluding carboxylic acids is 1. The summed E-state index contributed by atoms with van der Waals surface area (Å²) in [7, 11) is 1.51. The first kappa shape index (κ1) is 13.4. The van der Waals surface area contributed by atoms with Crippen LogP contribution in [0.3, 0.4) is 0 Å². The van der Waals surface area contributed by atoms with Crippen LogP contribution in [0.15, 0.2) is 24.3 Å². The number of hydrogen-bond donors (Lipinski definition) is 2. The van der Waals surface area contributed by atoms with Gasteiger partial charge in [-0.2, -0.15) is 0 Å². The molecule has 0 aromatic heterocycles. The fourth-order valence-corrected chi connectivity index (χ4v) is 0.727. The highest BCUT2D eigenvalue weighted by Crippen LogP contribution is 2.07. The zero-order valence-corrected chi connectivity index (χ0v) is 9.30. The first-order chi connectivity index (χ1) is 7.13. The molecule has 0 saturated heterocycles. The molecule has 4 heteroatoms. The van der Waals surface area contributed by atoms with Gasteiger partial charge >= 0.3 is 6.03 Å². The second kappa shape index (κ2) is 7.79. The summed E-state index contributed by atoms with van der Waals surface area (Å²) in [6.45, 7) is 4.25. The lowest BCUT2D eigenvalue weighted by Gasteiger charge is -2.02. The molecule has 1 aromatic rings. The number of benzene rings is 1. The second-order valence-corrected chi connectivity index (χ2v) is 2.92. The van der Waals surface area contributed by atoms with Gasteiger partial charge in [0.15, 0.2) is 0 Å². The van der Waals surface area contributed by atoms with E-state index in [2.05, 4.69) is 24.5 Å². The Kier molecular flexibility index (Phi) is 6.97. The van der Waals surface area contributed by atoms with Gasteiger partial charge in [-0.05, 0) is 24.3 Å². The fraction of sp³-hybridized carbons (Fsp3) is 0.364. The lowest BCUT2D eigenvalue weighted by atomic mass is 10.3. The number of nitrogens with one attached hydrogen (secondary N) is 2. The summed E-state index contributed by atoms with van der Waals surface area (Å²) >= 11 is 0. The molecule has 0 saturated carbocycles. The minimum atomic E-state index is -0.322. The number of carbonyl (C=O) groups is 1. The van der Waals surface area contributed by atoms with E-state index in [1.807, 2.05) is 0 Å². The van der Waals surface area contributed by atoms with Crippen LogP contribution in [0.25, 0.3) is 0 Å². The van der Waals surface area contributed by atoms with Gasteiger partial charge in [0, 0.05) is 12.7 Å². The van der Waals surface area contributed by atoms with Crippen molar-refractivity contribution in [1.82, 2.24) is 5.32 Å². The van der Waals surface area contributed by atoms with Crippen molar-refractivity contribution in [2.75, 3.05) is 12.4 Å². The number of hydrogen-bond acceptors (Lipinski definition) is 1. The van der Waals surface area contributed by atoms with Crippen LogP contribution in [-0.2, 0) is 0 Å². The van der Waals surface area contributed by atoms with Crippen molar-refractivity contribution in [3.8, 4) is 0 Å². The van der Waals surface area contributed by atoms with Crippen molar-refractivity contribution >= 4 is 11.7 Å². The van der Waals surface area contributed by atoms with Crippen molar-refractivity contribution in [2.45, 2.75) is 20.3 Å². The van der Waals surface area contributed by atoms with Gasteiger partial charge in [-0.1, -0.05) is 20.3 Å². The summed E-state index contributed by atoms with van der Waals surface area (Å²) in [5.74, 6) is -0.322. The maximum Gasteiger partial charge on any atom is 0.318 e. The summed E-state index contributed by atoms with van der Waals surface area (Å²) in [6, 6.07) is 5.23. The second-order valence-electron chi connectivity index (χ2n) is 2.92. The summed E-state index contributed by atoms with van der Waals surface area (Å²) in [5, 5.41) is 4.89. The van der Waals surface area contributed by atoms with Crippen LogP contribution in [0, 0.1) is 5.82 Å². The van der Waals surface area contributed by atoms with E-state index < -0.39 is 0 Å². The van der Waals surface area contributed by atoms with Gasteiger partial charge < -0.3 is 10.6 Å². The molecule has 0 aliphatic heterocycles. The van der Waals surface area contributed by atoms with E-state index in [0.29, 0.717) is 5.69 Å². The highest BCUT2D eigenvalue weighted by atomic mass is 19.1. The van der Waals surface area contributed by atoms with Crippen molar-refractivity contribution in [3.05, 3.63) is 30.1 Å². The van der Waals surface area contributed by atoms with Crippen LogP contribution in [0.4, 0.5) is 14.9 Å². The van der Waals surface area contributed by atoms with Gasteiger partial charge in [0.05, 0.1) is 0 Å². The van der Waals surface area contributed by atoms with Gasteiger partial charge in [0.1, 0.15) is 5.82 Å². The Labute approximate surface area is 89.7 Å². The van der Waals surface area contributed by atoms with E-state index in [9.17, 15) is 9.18 Å². The minimum Gasteiger partial charge on any atom is -0.341 e.